The summed E-state index contributed by atoms with van der Waals surface area (Å²) in [6.45, 7) is 2.06. The number of pyridine rings is 1. The molecule has 4 rings (SSSR count). The lowest BCUT2D eigenvalue weighted by Gasteiger charge is -2.30. The highest BCUT2D eigenvalue weighted by Crippen LogP contribution is 2.30. The van der Waals surface area contributed by atoms with Crippen molar-refractivity contribution in [2.45, 2.75) is 50.9 Å². The van der Waals surface area contributed by atoms with Crippen LogP contribution in [0.25, 0.3) is 10.9 Å². The lowest BCUT2D eigenvalue weighted by atomic mass is 9.91. The summed E-state index contributed by atoms with van der Waals surface area (Å²) in [7, 11) is 0. The summed E-state index contributed by atoms with van der Waals surface area (Å²) in [5.41, 5.74) is 1.33. The molecule has 4 nitrogen and oxygen atoms in total. The number of alkyl halides is 3. The molecule has 1 aromatic heterocycles. The van der Waals surface area contributed by atoms with Crippen LogP contribution in [0.5, 0.6) is 0 Å². The maximum atomic E-state index is 12.9. The van der Waals surface area contributed by atoms with Gasteiger partial charge in [0.25, 0.3) is 5.91 Å². The van der Waals surface area contributed by atoms with Crippen LogP contribution in [0.4, 0.5) is 19.0 Å². The van der Waals surface area contributed by atoms with E-state index in [4.69, 9.17) is 4.98 Å². The molecule has 7 heteroatoms. The first-order chi connectivity index (χ1) is 14.8. The van der Waals surface area contributed by atoms with Crippen molar-refractivity contribution in [3.63, 3.8) is 0 Å². The molecule has 0 aliphatic heterocycles. The molecule has 1 heterocycles. The Bertz CT molecular complexity index is 1090. The molecule has 0 unspecified atom stereocenters. The number of hydrogen-bond donors (Lipinski definition) is 2. The summed E-state index contributed by atoms with van der Waals surface area (Å²) in [6.07, 6.45) is -1.25. The summed E-state index contributed by atoms with van der Waals surface area (Å²) < 4.78 is 38.6. The van der Waals surface area contributed by atoms with E-state index >= 15 is 0 Å². The van der Waals surface area contributed by atoms with E-state index < -0.39 is 17.6 Å². The van der Waals surface area contributed by atoms with Crippen molar-refractivity contribution in [1.82, 2.24) is 10.3 Å². The van der Waals surface area contributed by atoms with E-state index in [1.54, 1.807) is 0 Å². The number of nitrogens with zero attached hydrogens (tertiary/aromatic N) is 1. The number of amides is 1. The van der Waals surface area contributed by atoms with Crippen LogP contribution < -0.4 is 10.6 Å². The molecule has 1 amide bonds. The van der Waals surface area contributed by atoms with E-state index in [-0.39, 0.29) is 17.6 Å². The highest BCUT2D eigenvalue weighted by Gasteiger charge is 2.31. The van der Waals surface area contributed by atoms with Crippen molar-refractivity contribution in [3.05, 3.63) is 71.3 Å². The number of rotatable bonds is 4. The van der Waals surface area contributed by atoms with Gasteiger partial charge in [0, 0.05) is 23.0 Å². The Morgan fingerprint density at radius 2 is 1.68 bits per heavy atom. The molecule has 162 valence electrons. The third kappa shape index (κ3) is 4.98. The van der Waals surface area contributed by atoms with Gasteiger partial charge in [-0.3, -0.25) is 4.79 Å². The lowest BCUT2D eigenvalue weighted by Crippen LogP contribution is -2.40. The van der Waals surface area contributed by atoms with Crippen molar-refractivity contribution in [2.75, 3.05) is 5.32 Å². The number of aryl methyl sites for hydroxylation is 1. The summed E-state index contributed by atoms with van der Waals surface area (Å²) in [5, 5.41) is 7.51. The van der Waals surface area contributed by atoms with Gasteiger partial charge in [-0.2, -0.15) is 13.2 Å². The average Bonchev–Trinajstić information content (AvgIpc) is 2.75. The number of anilines is 1. The Balaban J connectivity index is 1.33. The Morgan fingerprint density at radius 3 is 2.42 bits per heavy atom. The maximum absolute atomic E-state index is 12.9. The number of carbonyl (C=O) groups is 1. The topological polar surface area (TPSA) is 54.0 Å². The second-order valence-electron chi connectivity index (χ2n) is 8.09. The normalized spacial score (nSPS) is 19.2. The van der Waals surface area contributed by atoms with Crippen molar-refractivity contribution in [3.8, 4) is 0 Å². The van der Waals surface area contributed by atoms with Gasteiger partial charge < -0.3 is 10.6 Å². The van der Waals surface area contributed by atoms with Gasteiger partial charge in [0.2, 0.25) is 0 Å². The fourth-order valence-corrected chi connectivity index (χ4v) is 4.12. The number of halogens is 3. The van der Waals surface area contributed by atoms with Crippen LogP contribution in [0.1, 0.15) is 47.2 Å². The Morgan fingerprint density at radius 1 is 0.968 bits per heavy atom. The van der Waals surface area contributed by atoms with Gasteiger partial charge in [-0.1, -0.05) is 24.3 Å². The van der Waals surface area contributed by atoms with E-state index in [9.17, 15) is 18.0 Å². The first-order valence-corrected chi connectivity index (χ1v) is 10.4. The Kier molecular flexibility index (Phi) is 5.85. The van der Waals surface area contributed by atoms with Crippen LogP contribution in [0.15, 0.2) is 54.6 Å². The van der Waals surface area contributed by atoms with Gasteiger partial charge in [-0.15, -0.1) is 0 Å². The number of aromatic nitrogens is 1. The van der Waals surface area contributed by atoms with Gasteiger partial charge in [-0.25, -0.2) is 4.98 Å². The first-order valence-electron chi connectivity index (χ1n) is 10.4. The van der Waals surface area contributed by atoms with Crippen LogP contribution >= 0.6 is 0 Å². The number of benzene rings is 2. The van der Waals surface area contributed by atoms with E-state index in [2.05, 4.69) is 23.6 Å². The number of carbonyl (C=O) groups excluding carboxylic acids is 1. The number of para-hydroxylation sites is 1. The number of fused-ring (bicyclic) bond motifs is 1. The van der Waals surface area contributed by atoms with Crippen LogP contribution in [0.3, 0.4) is 0 Å². The highest BCUT2D eigenvalue weighted by atomic mass is 19.4. The molecule has 0 bridgehead atoms. The van der Waals surface area contributed by atoms with Crippen LogP contribution in [-0.2, 0) is 6.18 Å². The third-order valence-corrected chi connectivity index (χ3v) is 5.79. The fourth-order valence-electron chi connectivity index (χ4n) is 4.12. The Hall–Kier alpha value is -3.09. The van der Waals surface area contributed by atoms with Crippen LogP contribution in [0.2, 0.25) is 0 Å². The minimum Gasteiger partial charge on any atom is -0.367 e. The highest BCUT2D eigenvalue weighted by molar-refractivity contribution is 5.94. The van der Waals surface area contributed by atoms with Gasteiger partial charge in [0.05, 0.1) is 11.1 Å². The quantitative estimate of drug-likeness (QED) is 0.560. The van der Waals surface area contributed by atoms with Gasteiger partial charge >= 0.3 is 6.18 Å². The maximum Gasteiger partial charge on any atom is 0.416 e. The molecule has 0 atom stereocenters. The molecule has 0 radical (unpaired) electrons. The van der Waals surface area contributed by atoms with Crippen molar-refractivity contribution < 1.29 is 18.0 Å². The molecule has 2 N–H and O–H groups in total. The SMILES string of the molecule is Cc1cc(N[C@H]2CC[C@@H](NC(=O)c3cccc(C(F)(F)F)c3)CC2)nc2ccccc12. The van der Waals surface area contributed by atoms with Gasteiger partial charge in [-0.05, 0) is 68.5 Å². The molecule has 1 fully saturated rings. The summed E-state index contributed by atoms with van der Waals surface area (Å²) in [4.78, 5) is 17.1. The standard InChI is InChI=1S/C24H24F3N3O/c1-15-13-22(30-21-8-3-2-7-20(15)21)28-18-9-11-19(12-10-18)29-23(31)16-5-4-6-17(14-16)24(25,26)27/h2-8,13-14,18-19H,9-12H2,1H3,(H,28,30)(H,29,31)/t18-,19+. The zero-order valence-corrected chi connectivity index (χ0v) is 17.2. The smallest absolute Gasteiger partial charge is 0.367 e. The van der Waals surface area contributed by atoms with E-state index in [1.165, 1.54) is 12.1 Å². The third-order valence-electron chi connectivity index (χ3n) is 5.79. The molecule has 2 aromatic carbocycles. The molecule has 1 aliphatic rings. The zero-order valence-electron chi connectivity index (χ0n) is 17.2. The minimum atomic E-state index is -4.46. The number of nitrogens with one attached hydrogen (secondary N) is 2. The minimum absolute atomic E-state index is 0.0333. The molecule has 3 aromatic rings. The summed E-state index contributed by atoms with van der Waals surface area (Å²) in [5.74, 6) is 0.377. The van der Waals surface area contributed by atoms with Crippen LogP contribution in [-0.4, -0.2) is 23.0 Å². The lowest BCUT2D eigenvalue weighted by molar-refractivity contribution is -0.137. The van der Waals surface area contributed by atoms with Crippen molar-refractivity contribution in [1.29, 1.82) is 0 Å². The monoisotopic (exact) mass is 427 g/mol. The predicted molar refractivity (Wildman–Crippen MR) is 115 cm³/mol. The van der Waals surface area contributed by atoms with Gasteiger partial charge in [0.1, 0.15) is 5.82 Å². The molecule has 1 aliphatic carbocycles. The predicted octanol–water partition coefficient (Wildman–Crippen LogP) is 5.72. The molecular weight excluding hydrogens is 403 g/mol. The first kappa shape index (κ1) is 21.2. The second kappa shape index (κ2) is 8.57. The van der Waals surface area contributed by atoms with Crippen molar-refractivity contribution in [2.24, 2.45) is 0 Å². The molecule has 31 heavy (non-hydrogen) atoms. The summed E-state index contributed by atoms with van der Waals surface area (Å²) in [6, 6.07) is 14.8. The second-order valence-corrected chi connectivity index (χ2v) is 8.09. The molecule has 0 saturated heterocycles. The Labute approximate surface area is 178 Å². The van der Waals surface area contributed by atoms with Gasteiger partial charge in [0.15, 0.2) is 0 Å². The average molecular weight is 427 g/mol. The van der Waals surface area contributed by atoms with E-state index in [1.807, 2.05) is 24.3 Å². The van der Waals surface area contributed by atoms with E-state index in [0.717, 1.165) is 60.1 Å². The summed E-state index contributed by atoms with van der Waals surface area (Å²) >= 11 is 0. The number of hydrogen-bond acceptors (Lipinski definition) is 3. The molecular formula is C24H24F3N3O. The fraction of sp³-hybridized carbons (Fsp3) is 0.333. The van der Waals surface area contributed by atoms with E-state index in [0.29, 0.717) is 0 Å². The van der Waals surface area contributed by atoms with Crippen molar-refractivity contribution >= 4 is 22.6 Å². The van der Waals surface area contributed by atoms with Crippen LogP contribution in [0, 0.1) is 6.92 Å². The molecule has 1 saturated carbocycles. The largest absolute Gasteiger partial charge is 0.416 e. The molecule has 0 spiro atoms. The zero-order chi connectivity index (χ0) is 22.0.